The van der Waals surface area contributed by atoms with E-state index in [1.165, 1.54) is 18.0 Å². The van der Waals surface area contributed by atoms with Crippen molar-refractivity contribution in [2.45, 2.75) is 6.92 Å². The molecule has 2 aromatic carbocycles. The summed E-state index contributed by atoms with van der Waals surface area (Å²) < 4.78 is 8.20. The Morgan fingerprint density at radius 2 is 2.00 bits per heavy atom. The smallest absolute Gasteiger partial charge is 0.216 e. The molecule has 2 N–H and O–H groups in total. The van der Waals surface area contributed by atoms with Crippen molar-refractivity contribution >= 4 is 50.3 Å². The standard InChI is InChI=1S/C17H14Br2N4O2S/c1-9-3-5-10(6-4-9)16-21-22-17(26)23(16)20-8-11-7-12(18)15(25-2)13(19)14(11)24/h3-8,24H,1-2H3,(H,22,26). The number of hydrogen-bond acceptors (Lipinski definition) is 5. The second-order valence-corrected chi connectivity index (χ2v) is 7.45. The molecule has 1 heterocycles. The number of halogens is 2. The van der Waals surface area contributed by atoms with Crippen molar-refractivity contribution in [1.82, 2.24) is 14.9 Å². The Morgan fingerprint density at radius 3 is 2.65 bits per heavy atom. The SMILES string of the molecule is COc1c(Br)cc(C=Nn2c(-c3ccc(C)cc3)n[nH]c2=S)c(O)c1Br. The second kappa shape index (κ2) is 7.73. The van der Waals surface area contributed by atoms with Crippen molar-refractivity contribution in [2.24, 2.45) is 5.10 Å². The Labute approximate surface area is 171 Å². The molecule has 0 saturated carbocycles. The van der Waals surface area contributed by atoms with Crippen molar-refractivity contribution in [3.8, 4) is 22.9 Å². The molecule has 0 aliphatic heterocycles. The van der Waals surface area contributed by atoms with Crippen LogP contribution in [0, 0.1) is 11.7 Å². The summed E-state index contributed by atoms with van der Waals surface area (Å²) in [6.45, 7) is 2.02. The number of phenols is 1. The lowest BCUT2D eigenvalue weighted by atomic mass is 10.1. The predicted molar refractivity (Wildman–Crippen MR) is 111 cm³/mol. The van der Waals surface area contributed by atoms with Crippen molar-refractivity contribution in [3.05, 3.63) is 55.2 Å². The molecule has 0 aliphatic carbocycles. The maximum atomic E-state index is 10.4. The molecular weight excluding hydrogens is 484 g/mol. The highest BCUT2D eigenvalue weighted by atomic mass is 79.9. The lowest BCUT2D eigenvalue weighted by Gasteiger charge is -2.10. The first-order valence-corrected chi connectivity index (χ1v) is 9.45. The van der Waals surface area contributed by atoms with E-state index < -0.39 is 0 Å². The normalized spacial score (nSPS) is 11.2. The van der Waals surface area contributed by atoms with Crippen LogP contribution in [-0.2, 0) is 0 Å². The molecule has 0 atom stereocenters. The van der Waals surface area contributed by atoms with E-state index in [2.05, 4.69) is 47.2 Å². The van der Waals surface area contributed by atoms with E-state index in [0.29, 0.717) is 30.9 Å². The number of nitrogens with one attached hydrogen (secondary N) is 1. The molecule has 0 spiro atoms. The fourth-order valence-electron chi connectivity index (χ4n) is 2.30. The van der Waals surface area contributed by atoms with Gasteiger partial charge < -0.3 is 9.84 Å². The van der Waals surface area contributed by atoms with Gasteiger partial charge in [0.05, 0.1) is 17.8 Å². The summed E-state index contributed by atoms with van der Waals surface area (Å²) in [6, 6.07) is 9.58. The lowest BCUT2D eigenvalue weighted by molar-refractivity contribution is 0.400. The number of nitrogens with zero attached hydrogens (tertiary/aromatic N) is 3. The monoisotopic (exact) mass is 496 g/mol. The van der Waals surface area contributed by atoms with Gasteiger partial charge in [-0.1, -0.05) is 29.8 Å². The minimum Gasteiger partial charge on any atom is -0.506 e. The van der Waals surface area contributed by atoms with Gasteiger partial charge in [-0.2, -0.15) is 14.9 Å². The summed E-state index contributed by atoms with van der Waals surface area (Å²) in [4.78, 5) is 0. The van der Waals surface area contributed by atoms with Crippen molar-refractivity contribution in [1.29, 1.82) is 0 Å². The van der Waals surface area contributed by atoms with Gasteiger partial charge in [-0.3, -0.25) is 0 Å². The van der Waals surface area contributed by atoms with Crippen LogP contribution >= 0.6 is 44.1 Å². The molecular formula is C17H14Br2N4O2S. The third-order valence-corrected chi connectivity index (χ3v) is 5.25. The quantitative estimate of drug-likeness (QED) is 0.391. The lowest BCUT2D eigenvalue weighted by Crippen LogP contribution is -1.96. The average molecular weight is 498 g/mol. The number of aromatic hydroxyl groups is 1. The number of aromatic nitrogens is 3. The van der Waals surface area contributed by atoms with E-state index in [9.17, 15) is 5.11 Å². The van der Waals surface area contributed by atoms with Gasteiger partial charge in [-0.25, -0.2) is 5.10 Å². The summed E-state index contributed by atoms with van der Waals surface area (Å²) in [7, 11) is 1.52. The van der Waals surface area contributed by atoms with Gasteiger partial charge in [0.2, 0.25) is 4.77 Å². The van der Waals surface area contributed by atoms with Crippen molar-refractivity contribution < 1.29 is 9.84 Å². The Balaban J connectivity index is 2.04. The maximum Gasteiger partial charge on any atom is 0.216 e. The largest absolute Gasteiger partial charge is 0.506 e. The second-order valence-electron chi connectivity index (χ2n) is 5.42. The number of methoxy groups -OCH3 is 1. The number of rotatable bonds is 4. The summed E-state index contributed by atoms with van der Waals surface area (Å²) in [5, 5.41) is 21.7. The van der Waals surface area contributed by atoms with E-state index in [1.807, 2.05) is 31.2 Å². The summed E-state index contributed by atoms with van der Waals surface area (Å²) in [6.07, 6.45) is 1.51. The molecule has 0 bridgehead atoms. The number of aromatic amines is 1. The molecule has 0 fully saturated rings. The van der Waals surface area contributed by atoms with Gasteiger partial charge in [0, 0.05) is 11.1 Å². The molecule has 0 amide bonds. The minimum atomic E-state index is 0.0145. The van der Waals surface area contributed by atoms with E-state index >= 15 is 0 Å². The third kappa shape index (κ3) is 3.60. The molecule has 0 radical (unpaired) electrons. The van der Waals surface area contributed by atoms with E-state index in [0.717, 1.165) is 11.1 Å². The number of hydrogen-bond donors (Lipinski definition) is 2. The van der Waals surface area contributed by atoms with Crippen LogP contribution in [0.4, 0.5) is 0 Å². The maximum absolute atomic E-state index is 10.4. The van der Waals surface area contributed by atoms with Crippen LogP contribution in [0.3, 0.4) is 0 Å². The Bertz CT molecular complexity index is 1040. The molecule has 26 heavy (non-hydrogen) atoms. The number of benzene rings is 2. The molecule has 0 aliphatic rings. The van der Waals surface area contributed by atoms with Gasteiger partial charge in [-0.05, 0) is 57.1 Å². The van der Waals surface area contributed by atoms with E-state index in [1.54, 1.807) is 6.07 Å². The van der Waals surface area contributed by atoms with E-state index in [4.69, 9.17) is 17.0 Å². The zero-order valence-electron chi connectivity index (χ0n) is 13.8. The number of phenolic OH excluding ortho intramolecular Hbond substituents is 1. The Kier molecular flexibility index (Phi) is 5.59. The van der Waals surface area contributed by atoms with Crippen molar-refractivity contribution in [3.63, 3.8) is 0 Å². The van der Waals surface area contributed by atoms with Gasteiger partial charge >= 0.3 is 0 Å². The van der Waals surface area contributed by atoms with Crippen LogP contribution in [0.2, 0.25) is 0 Å². The molecule has 6 nitrogen and oxygen atoms in total. The fraction of sp³-hybridized carbons (Fsp3) is 0.118. The van der Waals surface area contributed by atoms with Crippen LogP contribution in [0.1, 0.15) is 11.1 Å². The van der Waals surface area contributed by atoms with E-state index in [-0.39, 0.29) is 5.75 Å². The average Bonchev–Trinajstić information content (AvgIpc) is 2.99. The summed E-state index contributed by atoms with van der Waals surface area (Å²) in [5.74, 6) is 1.10. The molecule has 9 heteroatoms. The highest BCUT2D eigenvalue weighted by molar-refractivity contribution is 9.11. The van der Waals surface area contributed by atoms with Crippen LogP contribution in [0.15, 0.2) is 44.4 Å². The summed E-state index contributed by atoms with van der Waals surface area (Å²) in [5.41, 5.74) is 2.51. The molecule has 134 valence electrons. The molecule has 3 aromatic rings. The Hall–Kier alpha value is -1.97. The highest BCUT2D eigenvalue weighted by Gasteiger charge is 2.15. The van der Waals surface area contributed by atoms with Crippen LogP contribution < -0.4 is 4.74 Å². The third-order valence-electron chi connectivity index (χ3n) is 3.66. The van der Waals surface area contributed by atoms with Gasteiger partial charge in [0.1, 0.15) is 10.2 Å². The van der Waals surface area contributed by atoms with Crippen molar-refractivity contribution in [2.75, 3.05) is 7.11 Å². The van der Waals surface area contributed by atoms with Gasteiger partial charge in [0.25, 0.3) is 0 Å². The van der Waals surface area contributed by atoms with Crippen LogP contribution in [0.5, 0.6) is 11.5 Å². The first kappa shape index (κ1) is 18.8. The number of aryl methyl sites for hydroxylation is 1. The van der Waals surface area contributed by atoms with Gasteiger partial charge in [-0.15, -0.1) is 0 Å². The number of ether oxygens (including phenoxy) is 1. The van der Waals surface area contributed by atoms with Crippen LogP contribution in [0.25, 0.3) is 11.4 Å². The molecule has 1 aromatic heterocycles. The first-order valence-electron chi connectivity index (χ1n) is 7.46. The highest BCUT2D eigenvalue weighted by Crippen LogP contribution is 2.41. The topological polar surface area (TPSA) is 75.4 Å². The summed E-state index contributed by atoms with van der Waals surface area (Å²) >= 11 is 12.0. The first-order chi connectivity index (χ1) is 12.4. The fourth-order valence-corrected chi connectivity index (χ4v) is 3.96. The minimum absolute atomic E-state index is 0.0145. The molecule has 3 rings (SSSR count). The van der Waals surface area contributed by atoms with Crippen LogP contribution in [-0.4, -0.2) is 33.3 Å². The number of H-pyrrole nitrogens is 1. The van der Waals surface area contributed by atoms with Gasteiger partial charge in [0.15, 0.2) is 11.6 Å². The Morgan fingerprint density at radius 1 is 1.31 bits per heavy atom. The molecule has 0 unspecified atom stereocenters. The predicted octanol–water partition coefficient (Wildman–Crippen LogP) is 5.04. The zero-order chi connectivity index (χ0) is 18.8. The zero-order valence-corrected chi connectivity index (χ0v) is 17.8. The molecule has 0 saturated heterocycles.